The van der Waals surface area contributed by atoms with Gasteiger partial charge >= 0.3 is 0 Å². The number of benzene rings is 3. The van der Waals surface area contributed by atoms with E-state index in [1.54, 1.807) is 14.2 Å². The average molecular weight is 408 g/mol. The van der Waals surface area contributed by atoms with Crippen molar-refractivity contribution in [3.05, 3.63) is 87.9 Å². The van der Waals surface area contributed by atoms with Crippen LogP contribution in [0.3, 0.4) is 0 Å². The Morgan fingerprint density at radius 3 is 2.31 bits per heavy atom. The highest BCUT2D eigenvalue weighted by Gasteiger charge is 2.36. The summed E-state index contributed by atoms with van der Waals surface area (Å²) in [6.45, 7) is 2.03. The highest BCUT2D eigenvalue weighted by molar-refractivity contribution is 6.30. The molecule has 1 aliphatic rings. The van der Waals surface area contributed by atoms with E-state index in [2.05, 4.69) is 0 Å². The summed E-state index contributed by atoms with van der Waals surface area (Å²) in [5.41, 5.74) is 4.88. The van der Waals surface area contributed by atoms with E-state index in [4.69, 9.17) is 21.1 Å². The number of nitrogens with zero attached hydrogens (tertiary/aromatic N) is 1. The van der Waals surface area contributed by atoms with Gasteiger partial charge in [0, 0.05) is 10.7 Å². The highest BCUT2D eigenvalue weighted by Crippen LogP contribution is 2.43. The molecule has 0 saturated heterocycles. The van der Waals surface area contributed by atoms with E-state index in [-0.39, 0.29) is 11.9 Å². The Bertz CT molecular complexity index is 1060. The van der Waals surface area contributed by atoms with Crippen LogP contribution in [0.25, 0.3) is 0 Å². The summed E-state index contributed by atoms with van der Waals surface area (Å²) >= 11 is 6.30. The van der Waals surface area contributed by atoms with Gasteiger partial charge in [-0.3, -0.25) is 4.79 Å². The van der Waals surface area contributed by atoms with E-state index in [1.165, 1.54) is 0 Å². The molecule has 5 heteroatoms. The first-order valence-electron chi connectivity index (χ1n) is 9.41. The van der Waals surface area contributed by atoms with Crippen molar-refractivity contribution in [1.29, 1.82) is 0 Å². The zero-order chi connectivity index (χ0) is 20.5. The predicted molar refractivity (Wildman–Crippen MR) is 115 cm³/mol. The van der Waals surface area contributed by atoms with Crippen molar-refractivity contribution in [1.82, 2.24) is 0 Å². The number of aryl methyl sites for hydroxylation is 1. The normalized spacial score (nSPS) is 15.8. The van der Waals surface area contributed by atoms with E-state index >= 15 is 0 Å². The van der Waals surface area contributed by atoms with Gasteiger partial charge in [0.05, 0.1) is 26.7 Å². The molecule has 0 spiro atoms. The Morgan fingerprint density at radius 2 is 1.66 bits per heavy atom. The van der Waals surface area contributed by atoms with E-state index in [0.717, 1.165) is 27.9 Å². The molecular formula is C24H22ClNO3. The molecule has 1 aliphatic heterocycles. The van der Waals surface area contributed by atoms with Crippen LogP contribution in [-0.2, 0) is 11.2 Å². The van der Waals surface area contributed by atoms with Crippen molar-refractivity contribution < 1.29 is 14.3 Å². The molecule has 1 atom stereocenters. The van der Waals surface area contributed by atoms with E-state index in [1.807, 2.05) is 72.5 Å². The molecule has 3 aromatic carbocycles. The Labute approximate surface area is 175 Å². The van der Waals surface area contributed by atoms with Crippen molar-refractivity contribution in [2.45, 2.75) is 19.4 Å². The Morgan fingerprint density at radius 1 is 0.966 bits per heavy atom. The van der Waals surface area contributed by atoms with Crippen LogP contribution in [0.4, 0.5) is 5.69 Å². The number of anilines is 1. The van der Waals surface area contributed by atoms with E-state index < -0.39 is 0 Å². The van der Waals surface area contributed by atoms with Crippen LogP contribution in [0.2, 0.25) is 5.02 Å². The predicted octanol–water partition coefficient (Wildman–Crippen LogP) is 5.34. The molecule has 3 aromatic rings. The third kappa shape index (κ3) is 3.56. The Balaban J connectivity index is 1.95. The van der Waals surface area contributed by atoms with Gasteiger partial charge < -0.3 is 14.4 Å². The second-order valence-corrected chi connectivity index (χ2v) is 7.58. The summed E-state index contributed by atoms with van der Waals surface area (Å²) in [5.74, 6) is 1.28. The molecule has 1 amide bonds. The lowest BCUT2D eigenvalue weighted by Gasteiger charge is -2.38. The van der Waals surface area contributed by atoms with Crippen LogP contribution in [0.5, 0.6) is 11.5 Å². The van der Waals surface area contributed by atoms with Gasteiger partial charge in [-0.05, 0) is 60.0 Å². The number of methoxy groups -OCH3 is 2. The lowest BCUT2D eigenvalue weighted by molar-refractivity contribution is -0.118. The van der Waals surface area contributed by atoms with Gasteiger partial charge in [-0.15, -0.1) is 0 Å². The number of carbonyl (C=O) groups is 1. The zero-order valence-corrected chi connectivity index (χ0v) is 17.4. The molecular weight excluding hydrogens is 386 g/mol. The molecule has 0 aromatic heterocycles. The standard InChI is InChI=1S/C24H22ClNO3/c1-15-7-9-19(10-8-15)26-23(27)13-17-12-21(28-2)22(29-3)14-20(17)24(26)16-5-4-6-18(25)11-16/h4-12,14,24H,13H2,1-3H3. The quantitative estimate of drug-likeness (QED) is 0.585. The zero-order valence-electron chi connectivity index (χ0n) is 16.6. The van der Waals surface area contributed by atoms with Crippen molar-refractivity contribution in [2.24, 2.45) is 0 Å². The van der Waals surface area contributed by atoms with Crippen LogP contribution in [-0.4, -0.2) is 20.1 Å². The molecule has 0 bridgehead atoms. The molecule has 1 unspecified atom stereocenters. The van der Waals surface area contributed by atoms with E-state index in [0.29, 0.717) is 22.9 Å². The third-order valence-corrected chi connectivity index (χ3v) is 5.52. The monoisotopic (exact) mass is 407 g/mol. The van der Waals surface area contributed by atoms with Crippen LogP contribution in [0.15, 0.2) is 60.7 Å². The van der Waals surface area contributed by atoms with Crippen molar-refractivity contribution in [3.8, 4) is 11.5 Å². The summed E-state index contributed by atoms with van der Waals surface area (Å²) in [4.78, 5) is 15.1. The number of rotatable bonds is 4. The highest BCUT2D eigenvalue weighted by atomic mass is 35.5. The fourth-order valence-electron chi connectivity index (χ4n) is 3.88. The maximum absolute atomic E-state index is 13.3. The topological polar surface area (TPSA) is 38.8 Å². The van der Waals surface area contributed by atoms with Gasteiger partial charge in [-0.1, -0.05) is 41.4 Å². The second kappa shape index (κ2) is 7.80. The summed E-state index contributed by atoms with van der Waals surface area (Å²) in [6, 6.07) is 19.2. The number of ether oxygens (including phenoxy) is 2. The molecule has 0 aliphatic carbocycles. The van der Waals surface area contributed by atoms with Gasteiger partial charge in [-0.25, -0.2) is 0 Å². The molecule has 29 heavy (non-hydrogen) atoms. The summed E-state index contributed by atoms with van der Waals surface area (Å²) in [5, 5.41) is 0.631. The number of fused-ring (bicyclic) bond motifs is 1. The Hall–Kier alpha value is -2.98. The molecule has 0 fully saturated rings. The van der Waals surface area contributed by atoms with Gasteiger partial charge in [-0.2, -0.15) is 0 Å². The first kappa shape index (κ1) is 19.3. The molecule has 0 N–H and O–H groups in total. The SMILES string of the molecule is COc1cc2c(cc1OC)C(c1cccc(Cl)c1)N(c1ccc(C)cc1)C(=O)C2. The van der Waals surface area contributed by atoms with Crippen molar-refractivity contribution in [2.75, 3.05) is 19.1 Å². The van der Waals surface area contributed by atoms with Crippen molar-refractivity contribution >= 4 is 23.2 Å². The van der Waals surface area contributed by atoms with Gasteiger partial charge in [0.2, 0.25) is 5.91 Å². The minimum atomic E-state index is -0.313. The first-order chi connectivity index (χ1) is 14.0. The minimum absolute atomic E-state index is 0.0264. The van der Waals surface area contributed by atoms with Crippen LogP contribution < -0.4 is 14.4 Å². The second-order valence-electron chi connectivity index (χ2n) is 7.14. The summed E-state index contributed by atoms with van der Waals surface area (Å²) in [6.07, 6.45) is 0.292. The largest absolute Gasteiger partial charge is 0.493 e. The van der Waals surface area contributed by atoms with Gasteiger partial charge in [0.15, 0.2) is 11.5 Å². The fraction of sp³-hybridized carbons (Fsp3) is 0.208. The summed E-state index contributed by atoms with van der Waals surface area (Å²) < 4.78 is 11.0. The number of hydrogen-bond donors (Lipinski definition) is 0. The fourth-order valence-corrected chi connectivity index (χ4v) is 4.08. The van der Waals surface area contributed by atoms with Gasteiger partial charge in [0.1, 0.15) is 0 Å². The lowest BCUT2D eigenvalue weighted by Crippen LogP contribution is -2.41. The molecule has 4 nitrogen and oxygen atoms in total. The lowest BCUT2D eigenvalue weighted by atomic mass is 9.86. The molecule has 0 saturated carbocycles. The molecule has 0 radical (unpaired) electrons. The molecule has 4 rings (SSSR count). The summed E-state index contributed by atoms with van der Waals surface area (Å²) in [7, 11) is 3.21. The van der Waals surface area contributed by atoms with Gasteiger partial charge in [0.25, 0.3) is 0 Å². The van der Waals surface area contributed by atoms with Crippen LogP contribution in [0.1, 0.15) is 28.3 Å². The van der Waals surface area contributed by atoms with Crippen molar-refractivity contribution in [3.63, 3.8) is 0 Å². The maximum Gasteiger partial charge on any atom is 0.232 e. The number of hydrogen-bond acceptors (Lipinski definition) is 3. The minimum Gasteiger partial charge on any atom is -0.493 e. The first-order valence-corrected chi connectivity index (χ1v) is 9.78. The van der Waals surface area contributed by atoms with Crippen LogP contribution in [0, 0.1) is 6.92 Å². The third-order valence-electron chi connectivity index (χ3n) is 5.29. The van der Waals surface area contributed by atoms with Crippen LogP contribution >= 0.6 is 11.6 Å². The average Bonchev–Trinajstić information content (AvgIpc) is 2.72. The number of amides is 1. The van der Waals surface area contributed by atoms with E-state index in [9.17, 15) is 4.79 Å². The number of halogens is 1. The maximum atomic E-state index is 13.3. The smallest absolute Gasteiger partial charge is 0.232 e. The Kier molecular flexibility index (Phi) is 5.20. The molecule has 1 heterocycles. The molecule has 148 valence electrons. The number of carbonyl (C=O) groups excluding carboxylic acids is 1.